The first-order valence-corrected chi connectivity index (χ1v) is 13.4. The van der Waals surface area contributed by atoms with Crippen molar-refractivity contribution in [1.29, 1.82) is 0 Å². The summed E-state index contributed by atoms with van der Waals surface area (Å²) in [6.45, 7) is 2.20. The van der Waals surface area contributed by atoms with Crippen LogP contribution in [0.1, 0.15) is 82.3 Å². The molecule has 36 heavy (non-hydrogen) atoms. The summed E-state index contributed by atoms with van der Waals surface area (Å²) in [5, 5.41) is 10.0. The number of rotatable bonds is 17. The van der Waals surface area contributed by atoms with Crippen LogP contribution in [0.3, 0.4) is 0 Å². The average Bonchev–Trinajstić information content (AvgIpc) is 2.88. The molecule has 0 aliphatic carbocycles. The van der Waals surface area contributed by atoms with E-state index in [0.717, 1.165) is 35.3 Å². The molecular formula is C30H42N2O4. The van der Waals surface area contributed by atoms with E-state index < -0.39 is 29.9 Å². The molecule has 0 spiro atoms. The van der Waals surface area contributed by atoms with Crippen LogP contribution >= 0.6 is 0 Å². The van der Waals surface area contributed by atoms with Gasteiger partial charge in [-0.1, -0.05) is 119 Å². The fraction of sp³-hybridized carbons (Fsp3) is 0.500. The lowest BCUT2D eigenvalue weighted by Crippen LogP contribution is -2.55. The molecule has 0 aliphatic rings. The van der Waals surface area contributed by atoms with Crippen LogP contribution in [0.2, 0.25) is 0 Å². The molecule has 2 aromatic carbocycles. The molecule has 0 bridgehead atoms. The Morgan fingerprint density at radius 1 is 0.750 bits per heavy atom. The van der Waals surface area contributed by atoms with E-state index in [9.17, 15) is 19.5 Å². The highest BCUT2D eigenvalue weighted by Gasteiger charge is 2.36. The highest BCUT2D eigenvalue weighted by molar-refractivity contribution is 6.01. The van der Waals surface area contributed by atoms with Gasteiger partial charge in [0.15, 0.2) is 0 Å². The number of unbranched alkanes of at least 4 members (excludes halogenated alkanes) is 8. The summed E-state index contributed by atoms with van der Waals surface area (Å²) in [5.74, 6) is -2.31. The summed E-state index contributed by atoms with van der Waals surface area (Å²) in [4.78, 5) is 39.9. The Hall–Kier alpha value is -2.99. The van der Waals surface area contributed by atoms with Gasteiger partial charge in [-0.15, -0.1) is 0 Å². The van der Waals surface area contributed by atoms with E-state index in [-0.39, 0.29) is 19.3 Å². The molecule has 196 valence electrons. The van der Waals surface area contributed by atoms with E-state index in [2.05, 4.69) is 6.92 Å². The number of aliphatic carboxylic acids is 1. The molecule has 2 atom stereocenters. The number of hydrogen-bond donors (Lipinski definition) is 2. The maximum Gasteiger partial charge on any atom is 0.327 e. The molecule has 2 rings (SSSR count). The van der Waals surface area contributed by atoms with Gasteiger partial charge in [-0.05, 0) is 24.0 Å². The Balaban J connectivity index is 2.05. The van der Waals surface area contributed by atoms with Crippen molar-refractivity contribution < 1.29 is 19.5 Å². The van der Waals surface area contributed by atoms with E-state index >= 15 is 0 Å². The van der Waals surface area contributed by atoms with Crippen molar-refractivity contribution in [3.05, 3.63) is 71.8 Å². The Bertz CT molecular complexity index is 917. The molecule has 0 unspecified atom stereocenters. The van der Waals surface area contributed by atoms with Crippen LogP contribution in [0.4, 0.5) is 0 Å². The topological polar surface area (TPSA) is 101 Å². The monoisotopic (exact) mass is 494 g/mol. The molecule has 0 radical (unpaired) electrons. The lowest BCUT2D eigenvalue weighted by molar-refractivity contribution is -0.158. The zero-order chi connectivity index (χ0) is 26.2. The first kappa shape index (κ1) is 29.2. The average molecular weight is 495 g/mol. The summed E-state index contributed by atoms with van der Waals surface area (Å²) < 4.78 is 0. The summed E-state index contributed by atoms with van der Waals surface area (Å²) >= 11 is 0. The van der Waals surface area contributed by atoms with Gasteiger partial charge in [0.1, 0.15) is 6.04 Å². The number of carbonyl (C=O) groups is 3. The first-order valence-electron chi connectivity index (χ1n) is 13.4. The molecule has 2 aromatic rings. The normalized spacial score (nSPS) is 12.6. The fourth-order valence-electron chi connectivity index (χ4n) is 4.42. The molecule has 0 heterocycles. The number of nitrogens with two attached hydrogens (primary N) is 1. The standard InChI is InChI=1S/C30H42N2O4/c1-2-3-4-5-6-7-8-9-16-21-28(33)32(27(30(35)36)23-25-19-14-11-15-20-25)29(34)26(31)22-24-17-12-10-13-18-24/h10-15,17-20,26-27H,2-9,16,21-23,31H2,1H3,(H,35,36)/t26-,27-/m0/s1. The quantitative estimate of drug-likeness (QED) is 0.282. The van der Waals surface area contributed by atoms with Crippen LogP contribution in [-0.4, -0.2) is 39.9 Å². The molecule has 3 N–H and O–H groups in total. The molecule has 6 heteroatoms. The molecule has 0 fully saturated rings. The van der Waals surface area contributed by atoms with E-state index in [1.807, 2.05) is 48.5 Å². The summed E-state index contributed by atoms with van der Waals surface area (Å²) in [7, 11) is 0. The molecular weight excluding hydrogens is 452 g/mol. The molecule has 0 saturated heterocycles. The van der Waals surface area contributed by atoms with Crippen molar-refractivity contribution in [3.63, 3.8) is 0 Å². The fourth-order valence-corrected chi connectivity index (χ4v) is 4.42. The maximum atomic E-state index is 13.4. The number of carbonyl (C=O) groups excluding carboxylic acids is 2. The van der Waals surface area contributed by atoms with Crippen LogP contribution in [0, 0.1) is 0 Å². The molecule has 2 amide bonds. The molecule has 0 aliphatic heterocycles. The minimum Gasteiger partial charge on any atom is -0.480 e. The summed E-state index contributed by atoms with van der Waals surface area (Å²) in [6.07, 6.45) is 10.3. The molecule has 0 saturated carbocycles. The lowest BCUT2D eigenvalue weighted by Gasteiger charge is -2.30. The molecule has 6 nitrogen and oxygen atoms in total. The van der Waals surface area contributed by atoms with Crippen LogP contribution < -0.4 is 5.73 Å². The number of carboxylic acid groups (broad SMARTS) is 1. The van der Waals surface area contributed by atoms with E-state index in [1.54, 1.807) is 12.1 Å². The van der Waals surface area contributed by atoms with Gasteiger partial charge in [0.25, 0.3) is 0 Å². The Kier molecular flexibility index (Phi) is 13.5. The third kappa shape index (κ3) is 10.3. The SMILES string of the molecule is CCCCCCCCCCCC(=O)N(C(=O)[C@@H](N)Cc1ccccc1)[C@@H](Cc1ccccc1)C(=O)O. The Morgan fingerprint density at radius 3 is 1.72 bits per heavy atom. The largest absolute Gasteiger partial charge is 0.480 e. The Morgan fingerprint density at radius 2 is 1.22 bits per heavy atom. The predicted molar refractivity (Wildman–Crippen MR) is 143 cm³/mol. The van der Waals surface area contributed by atoms with Crippen molar-refractivity contribution in [3.8, 4) is 0 Å². The van der Waals surface area contributed by atoms with Gasteiger partial charge in [0.2, 0.25) is 11.8 Å². The van der Waals surface area contributed by atoms with Gasteiger partial charge < -0.3 is 10.8 Å². The van der Waals surface area contributed by atoms with Gasteiger partial charge in [-0.3, -0.25) is 14.5 Å². The van der Waals surface area contributed by atoms with Crippen molar-refractivity contribution >= 4 is 17.8 Å². The second-order valence-corrected chi connectivity index (χ2v) is 9.52. The van der Waals surface area contributed by atoms with Gasteiger partial charge in [-0.2, -0.15) is 0 Å². The highest BCUT2D eigenvalue weighted by atomic mass is 16.4. The smallest absolute Gasteiger partial charge is 0.327 e. The van der Waals surface area contributed by atoms with Gasteiger partial charge in [0.05, 0.1) is 6.04 Å². The maximum absolute atomic E-state index is 13.4. The van der Waals surface area contributed by atoms with E-state index in [1.165, 1.54) is 32.1 Å². The van der Waals surface area contributed by atoms with Crippen molar-refractivity contribution in [2.24, 2.45) is 5.73 Å². The van der Waals surface area contributed by atoms with Gasteiger partial charge >= 0.3 is 5.97 Å². The van der Waals surface area contributed by atoms with Crippen LogP contribution in [0.25, 0.3) is 0 Å². The van der Waals surface area contributed by atoms with Crippen molar-refractivity contribution in [1.82, 2.24) is 4.90 Å². The van der Waals surface area contributed by atoms with Gasteiger partial charge in [0, 0.05) is 12.8 Å². The summed E-state index contributed by atoms with van der Waals surface area (Å²) in [6, 6.07) is 16.1. The van der Waals surface area contributed by atoms with Crippen molar-refractivity contribution in [2.45, 2.75) is 96.1 Å². The number of imide groups is 1. The second-order valence-electron chi connectivity index (χ2n) is 9.52. The predicted octanol–water partition coefficient (Wildman–Crippen LogP) is 5.53. The number of benzene rings is 2. The minimum absolute atomic E-state index is 0.0451. The molecule has 0 aromatic heterocycles. The van der Waals surface area contributed by atoms with Crippen LogP contribution in [-0.2, 0) is 27.2 Å². The van der Waals surface area contributed by atoms with Crippen LogP contribution in [0.5, 0.6) is 0 Å². The number of amides is 2. The van der Waals surface area contributed by atoms with Crippen molar-refractivity contribution in [2.75, 3.05) is 0 Å². The second kappa shape index (κ2) is 16.6. The Labute approximate surface area is 215 Å². The highest BCUT2D eigenvalue weighted by Crippen LogP contribution is 2.17. The number of hydrogen-bond acceptors (Lipinski definition) is 4. The van der Waals surface area contributed by atoms with Gasteiger partial charge in [-0.25, -0.2) is 4.79 Å². The number of carboxylic acids is 1. The van der Waals surface area contributed by atoms with Crippen LogP contribution in [0.15, 0.2) is 60.7 Å². The zero-order valence-electron chi connectivity index (χ0n) is 21.6. The lowest BCUT2D eigenvalue weighted by atomic mass is 10.0. The summed E-state index contributed by atoms with van der Waals surface area (Å²) in [5.41, 5.74) is 7.83. The third-order valence-corrected chi connectivity index (χ3v) is 6.48. The van der Waals surface area contributed by atoms with E-state index in [0.29, 0.717) is 6.42 Å². The first-order chi connectivity index (χ1) is 17.4. The third-order valence-electron chi connectivity index (χ3n) is 6.48. The minimum atomic E-state index is -1.30. The zero-order valence-corrected chi connectivity index (χ0v) is 21.6. The number of nitrogens with zero attached hydrogens (tertiary/aromatic N) is 1. The van der Waals surface area contributed by atoms with E-state index in [4.69, 9.17) is 5.73 Å².